The van der Waals surface area contributed by atoms with Crippen molar-refractivity contribution in [2.45, 2.75) is 12.5 Å². The molecule has 3 heteroatoms. The van der Waals surface area contributed by atoms with Gasteiger partial charge in [0.05, 0.1) is 0 Å². The van der Waals surface area contributed by atoms with Gasteiger partial charge in [-0.2, -0.15) is 11.3 Å². The van der Waals surface area contributed by atoms with Crippen LogP contribution in [0.5, 0.6) is 0 Å². The Kier molecular flexibility index (Phi) is 3.72. The van der Waals surface area contributed by atoms with Gasteiger partial charge in [0.2, 0.25) is 0 Å². The van der Waals surface area contributed by atoms with Crippen LogP contribution in [-0.4, -0.2) is 11.7 Å². The summed E-state index contributed by atoms with van der Waals surface area (Å²) in [7, 11) is 0. The molecule has 0 radical (unpaired) electrons. The van der Waals surface area contributed by atoms with Crippen LogP contribution in [0.2, 0.25) is 0 Å². The van der Waals surface area contributed by atoms with Crippen LogP contribution in [0.25, 0.3) is 11.1 Å². The molecule has 0 bridgehead atoms. The molecular weight excluding hydrogens is 218 g/mol. The van der Waals surface area contributed by atoms with Crippen molar-refractivity contribution in [1.29, 1.82) is 0 Å². The van der Waals surface area contributed by atoms with Gasteiger partial charge in [0.15, 0.2) is 0 Å². The highest BCUT2D eigenvalue weighted by atomic mass is 32.1. The van der Waals surface area contributed by atoms with E-state index in [4.69, 9.17) is 10.8 Å². The lowest BCUT2D eigenvalue weighted by Gasteiger charge is -2.10. The summed E-state index contributed by atoms with van der Waals surface area (Å²) in [4.78, 5) is 0. The van der Waals surface area contributed by atoms with E-state index >= 15 is 0 Å². The van der Waals surface area contributed by atoms with Crippen LogP contribution in [-0.2, 0) is 0 Å². The molecule has 2 aromatic rings. The molecule has 2 rings (SSSR count). The lowest BCUT2D eigenvalue weighted by Crippen LogP contribution is -2.11. The standard InChI is InChI=1S/C13H15NOS/c14-13(5-7-15)11-3-1-10(2-4-11)12-6-8-16-9-12/h1-4,6,8-9,13,15H,5,7,14H2. The summed E-state index contributed by atoms with van der Waals surface area (Å²) < 4.78 is 0. The van der Waals surface area contributed by atoms with E-state index in [-0.39, 0.29) is 12.6 Å². The first-order chi connectivity index (χ1) is 7.81. The minimum absolute atomic E-state index is 0.0680. The maximum absolute atomic E-state index is 8.82. The van der Waals surface area contributed by atoms with Crippen LogP contribution in [0.1, 0.15) is 18.0 Å². The van der Waals surface area contributed by atoms with Crippen molar-refractivity contribution in [3.63, 3.8) is 0 Å². The molecule has 1 aromatic heterocycles. The lowest BCUT2D eigenvalue weighted by atomic mass is 10.0. The van der Waals surface area contributed by atoms with Crippen molar-refractivity contribution in [2.75, 3.05) is 6.61 Å². The molecule has 16 heavy (non-hydrogen) atoms. The summed E-state index contributed by atoms with van der Waals surface area (Å²) in [5, 5.41) is 13.0. The molecule has 1 heterocycles. The third-order valence-corrected chi connectivity index (χ3v) is 3.32. The fourth-order valence-corrected chi connectivity index (χ4v) is 2.32. The van der Waals surface area contributed by atoms with Gasteiger partial charge >= 0.3 is 0 Å². The van der Waals surface area contributed by atoms with Crippen LogP contribution >= 0.6 is 11.3 Å². The quantitative estimate of drug-likeness (QED) is 0.853. The van der Waals surface area contributed by atoms with Crippen molar-refractivity contribution in [1.82, 2.24) is 0 Å². The number of nitrogens with two attached hydrogens (primary N) is 1. The average molecular weight is 233 g/mol. The number of thiophene rings is 1. The summed E-state index contributed by atoms with van der Waals surface area (Å²) in [5.74, 6) is 0. The minimum atomic E-state index is -0.0680. The maximum atomic E-state index is 8.82. The first-order valence-corrected chi connectivity index (χ1v) is 6.24. The largest absolute Gasteiger partial charge is 0.396 e. The summed E-state index contributed by atoms with van der Waals surface area (Å²) in [5.41, 5.74) is 9.45. The molecule has 2 nitrogen and oxygen atoms in total. The van der Waals surface area contributed by atoms with E-state index in [0.29, 0.717) is 6.42 Å². The third kappa shape index (κ3) is 2.50. The normalized spacial score (nSPS) is 12.6. The van der Waals surface area contributed by atoms with Crippen molar-refractivity contribution < 1.29 is 5.11 Å². The van der Waals surface area contributed by atoms with Crippen molar-refractivity contribution in [2.24, 2.45) is 5.73 Å². The average Bonchev–Trinajstić information content (AvgIpc) is 2.83. The molecule has 0 aliphatic heterocycles. The van der Waals surface area contributed by atoms with Crippen molar-refractivity contribution in [3.05, 3.63) is 46.7 Å². The molecule has 1 unspecified atom stereocenters. The van der Waals surface area contributed by atoms with E-state index in [1.807, 2.05) is 12.1 Å². The smallest absolute Gasteiger partial charge is 0.0449 e. The Hall–Kier alpha value is -1.16. The lowest BCUT2D eigenvalue weighted by molar-refractivity contribution is 0.276. The molecule has 84 valence electrons. The number of aliphatic hydroxyl groups excluding tert-OH is 1. The molecule has 0 saturated carbocycles. The fraction of sp³-hybridized carbons (Fsp3) is 0.231. The maximum Gasteiger partial charge on any atom is 0.0449 e. The Bertz CT molecular complexity index is 422. The van der Waals surface area contributed by atoms with E-state index < -0.39 is 0 Å². The van der Waals surface area contributed by atoms with Gasteiger partial charge in [-0.3, -0.25) is 0 Å². The Morgan fingerprint density at radius 1 is 1.12 bits per heavy atom. The Morgan fingerprint density at radius 3 is 2.44 bits per heavy atom. The second-order valence-corrected chi connectivity index (χ2v) is 4.53. The molecular formula is C13H15NOS. The van der Waals surface area contributed by atoms with Gasteiger partial charge in [0.1, 0.15) is 0 Å². The number of hydrogen-bond acceptors (Lipinski definition) is 3. The number of rotatable bonds is 4. The molecule has 0 saturated heterocycles. The summed E-state index contributed by atoms with van der Waals surface area (Å²) in [6.07, 6.45) is 0.609. The number of aliphatic hydroxyl groups is 1. The highest BCUT2D eigenvalue weighted by molar-refractivity contribution is 7.08. The van der Waals surface area contributed by atoms with E-state index in [2.05, 4.69) is 29.0 Å². The fourth-order valence-electron chi connectivity index (χ4n) is 1.66. The topological polar surface area (TPSA) is 46.2 Å². The van der Waals surface area contributed by atoms with Crippen molar-refractivity contribution >= 4 is 11.3 Å². The van der Waals surface area contributed by atoms with Gasteiger partial charge < -0.3 is 10.8 Å². The zero-order chi connectivity index (χ0) is 11.4. The molecule has 0 aliphatic carbocycles. The van der Waals surface area contributed by atoms with E-state index in [0.717, 1.165) is 5.56 Å². The summed E-state index contributed by atoms with van der Waals surface area (Å²) in [6.45, 7) is 0.132. The highest BCUT2D eigenvalue weighted by Crippen LogP contribution is 2.24. The van der Waals surface area contributed by atoms with Gasteiger partial charge in [-0.1, -0.05) is 24.3 Å². The Morgan fingerprint density at radius 2 is 1.88 bits per heavy atom. The SMILES string of the molecule is NC(CCO)c1ccc(-c2ccsc2)cc1. The van der Waals surface area contributed by atoms with Crippen molar-refractivity contribution in [3.8, 4) is 11.1 Å². The summed E-state index contributed by atoms with van der Waals surface area (Å²) in [6, 6.07) is 10.3. The van der Waals surface area contributed by atoms with Gasteiger partial charge in [0.25, 0.3) is 0 Å². The molecule has 0 fully saturated rings. The second-order valence-electron chi connectivity index (χ2n) is 3.75. The van der Waals surface area contributed by atoms with E-state index in [1.165, 1.54) is 11.1 Å². The van der Waals surface area contributed by atoms with Gasteiger partial charge in [-0.15, -0.1) is 0 Å². The Balaban J connectivity index is 2.16. The molecule has 0 spiro atoms. The van der Waals surface area contributed by atoms with Crippen LogP contribution in [0.3, 0.4) is 0 Å². The van der Waals surface area contributed by atoms with Gasteiger partial charge in [-0.25, -0.2) is 0 Å². The molecule has 0 aliphatic rings. The number of hydrogen-bond donors (Lipinski definition) is 2. The highest BCUT2D eigenvalue weighted by Gasteiger charge is 2.05. The van der Waals surface area contributed by atoms with E-state index in [1.54, 1.807) is 11.3 Å². The molecule has 0 amide bonds. The first kappa shape index (κ1) is 11.3. The van der Waals surface area contributed by atoms with E-state index in [9.17, 15) is 0 Å². The van der Waals surface area contributed by atoms with Gasteiger partial charge in [-0.05, 0) is 39.9 Å². The predicted molar refractivity (Wildman–Crippen MR) is 68.4 cm³/mol. The van der Waals surface area contributed by atoms with Crippen LogP contribution in [0.15, 0.2) is 41.1 Å². The van der Waals surface area contributed by atoms with Gasteiger partial charge in [0, 0.05) is 12.6 Å². The first-order valence-electron chi connectivity index (χ1n) is 5.30. The minimum Gasteiger partial charge on any atom is -0.396 e. The second kappa shape index (κ2) is 5.25. The van der Waals surface area contributed by atoms with Crippen LogP contribution < -0.4 is 5.73 Å². The Labute approximate surface area is 99.4 Å². The summed E-state index contributed by atoms with van der Waals surface area (Å²) >= 11 is 1.70. The molecule has 1 aromatic carbocycles. The zero-order valence-corrected chi connectivity index (χ0v) is 9.78. The monoisotopic (exact) mass is 233 g/mol. The molecule has 3 N–H and O–H groups in total. The number of benzene rings is 1. The van der Waals surface area contributed by atoms with Crippen LogP contribution in [0, 0.1) is 0 Å². The molecule has 1 atom stereocenters. The third-order valence-electron chi connectivity index (χ3n) is 2.63. The zero-order valence-electron chi connectivity index (χ0n) is 8.97. The predicted octanol–water partition coefficient (Wildman–Crippen LogP) is 2.80. The van der Waals surface area contributed by atoms with Crippen LogP contribution in [0.4, 0.5) is 0 Å².